The molecule has 2 unspecified atom stereocenters. The Labute approximate surface area is 102 Å². The predicted octanol–water partition coefficient (Wildman–Crippen LogP) is 1.19. The molecule has 1 aliphatic rings. The van der Waals surface area contributed by atoms with Crippen LogP contribution in [0.25, 0.3) is 0 Å². The summed E-state index contributed by atoms with van der Waals surface area (Å²) in [5.74, 6) is -0.581. The molecule has 5 nitrogen and oxygen atoms in total. The van der Waals surface area contributed by atoms with Crippen molar-refractivity contribution in [3.05, 3.63) is 0 Å². The predicted molar refractivity (Wildman–Crippen MR) is 62.6 cm³/mol. The molecule has 2 atom stereocenters. The van der Waals surface area contributed by atoms with Crippen molar-refractivity contribution < 1.29 is 19.4 Å². The summed E-state index contributed by atoms with van der Waals surface area (Å²) in [5, 5.41) is 9.67. The molecule has 98 valence electrons. The number of aliphatic hydroxyl groups excluding tert-OH is 1. The van der Waals surface area contributed by atoms with Crippen molar-refractivity contribution in [2.24, 2.45) is 5.92 Å². The van der Waals surface area contributed by atoms with Gasteiger partial charge in [0, 0.05) is 13.1 Å². The smallest absolute Gasteiger partial charge is 0.410 e. The molecule has 1 amide bonds. The molecule has 5 heteroatoms. The quantitative estimate of drug-likeness (QED) is 0.751. The molecule has 1 fully saturated rings. The number of hydrogen-bond acceptors (Lipinski definition) is 4. The van der Waals surface area contributed by atoms with Crippen LogP contribution in [0.3, 0.4) is 0 Å². The van der Waals surface area contributed by atoms with Crippen LogP contribution < -0.4 is 0 Å². The van der Waals surface area contributed by atoms with E-state index in [9.17, 15) is 14.7 Å². The highest BCUT2D eigenvalue weighted by atomic mass is 16.6. The zero-order chi connectivity index (χ0) is 13.2. The van der Waals surface area contributed by atoms with E-state index in [-0.39, 0.29) is 12.3 Å². The van der Waals surface area contributed by atoms with E-state index in [2.05, 4.69) is 0 Å². The minimum atomic E-state index is -0.647. The Kier molecular flexibility index (Phi) is 4.14. The minimum absolute atomic E-state index is 0.0919. The molecule has 0 aliphatic carbocycles. The average molecular weight is 243 g/mol. The lowest BCUT2D eigenvalue weighted by atomic mass is 9.92. The summed E-state index contributed by atoms with van der Waals surface area (Å²) in [7, 11) is 0. The normalized spacial score (nSPS) is 25.6. The Hall–Kier alpha value is -1.10. The maximum Gasteiger partial charge on any atom is 0.410 e. The third kappa shape index (κ3) is 4.00. The van der Waals surface area contributed by atoms with Gasteiger partial charge < -0.3 is 14.7 Å². The first kappa shape index (κ1) is 14.0. The zero-order valence-corrected chi connectivity index (χ0v) is 10.9. The van der Waals surface area contributed by atoms with E-state index in [1.807, 2.05) is 0 Å². The number of likely N-dealkylation sites (tertiary alicyclic amines) is 1. The van der Waals surface area contributed by atoms with Gasteiger partial charge in [0.05, 0.1) is 12.0 Å². The fraction of sp³-hybridized carbons (Fsp3) is 0.833. The molecule has 0 spiro atoms. The summed E-state index contributed by atoms with van der Waals surface area (Å²) in [6.07, 6.45) is -0.648. The van der Waals surface area contributed by atoms with E-state index in [1.54, 1.807) is 20.8 Å². The highest BCUT2D eigenvalue weighted by Gasteiger charge is 2.34. The van der Waals surface area contributed by atoms with Crippen molar-refractivity contribution >= 4 is 11.9 Å². The lowest BCUT2D eigenvalue weighted by molar-refractivity contribution is -0.126. The second-order valence-electron chi connectivity index (χ2n) is 5.50. The van der Waals surface area contributed by atoms with Gasteiger partial charge in [-0.1, -0.05) is 0 Å². The van der Waals surface area contributed by atoms with Crippen LogP contribution in [-0.2, 0) is 9.53 Å². The van der Waals surface area contributed by atoms with Crippen LogP contribution in [0.1, 0.15) is 34.1 Å². The van der Waals surface area contributed by atoms with Crippen LogP contribution in [-0.4, -0.2) is 46.7 Å². The maximum atomic E-state index is 11.8. The minimum Gasteiger partial charge on any atom is -0.444 e. The van der Waals surface area contributed by atoms with Gasteiger partial charge in [0.15, 0.2) is 0 Å². The van der Waals surface area contributed by atoms with Crippen LogP contribution >= 0.6 is 0 Å². The second kappa shape index (κ2) is 5.04. The number of nitrogens with zero attached hydrogens (tertiary/aromatic N) is 1. The number of amides is 1. The number of piperidine rings is 1. The highest BCUT2D eigenvalue weighted by Crippen LogP contribution is 2.20. The first-order chi connectivity index (χ1) is 7.70. The Morgan fingerprint density at radius 2 is 1.94 bits per heavy atom. The van der Waals surface area contributed by atoms with Gasteiger partial charge in [-0.25, -0.2) is 4.79 Å². The summed E-state index contributed by atoms with van der Waals surface area (Å²) in [6, 6.07) is 0. The Bertz CT molecular complexity index is 308. The molecule has 1 heterocycles. The van der Waals surface area contributed by atoms with Crippen LogP contribution in [0.4, 0.5) is 4.79 Å². The maximum absolute atomic E-state index is 11.8. The lowest BCUT2D eigenvalue weighted by Crippen LogP contribution is -2.49. The highest BCUT2D eigenvalue weighted by molar-refractivity contribution is 5.80. The van der Waals surface area contributed by atoms with Gasteiger partial charge in [0.1, 0.15) is 11.4 Å². The van der Waals surface area contributed by atoms with Gasteiger partial charge in [0.25, 0.3) is 0 Å². The van der Waals surface area contributed by atoms with E-state index in [4.69, 9.17) is 4.74 Å². The summed E-state index contributed by atoms with van der Waals surface area (Å²) in [5.41, 5.74) is -0.543. The Morgan fingerprint density at radius 3 is 2.41 bits per heavy atom. The van der Waals surface area contributed by atoms with Gasteiger partial charge in [-0.3, -0.25) is 4.79 Å². The largest absolute Gasteiger partial charge is 0.444 e. The molecule has 0 radical (unpaired) electrons. The molecule has 17 heavy (non-hydrogen) atoms. The number of rotatable bonds is 1. The van der Waals surface area contributed by atoms with Crippen LogP contribution in [0.15, 0.2) is 0 Å². The molecule has 1 saturated heterocycles. The fourth-order valence-electron chi connectivity index (χ4n) is 1.83. The van der Waals surface area contributed by atoms with Crippen molar-refractivity contribution in [3.8, 4) is 0 Å². The number of hydrogen-bond donors (Lipinski definition) is 1. The number of aliphatic hydroxyl groups is 1. The van der Waals surface area contributed by atoms with Gasteiger partial charge >= 0.3 is 6.09 Å². The molecule has 1 rings (SSSR count). The number of Topliss-reactive ketones (excluding diaryl/α,β-unsaturated/α-hetero) is 1. The van der Waals surface area contributed by atoms with E-state index >= 15 is 0 Å². The lowest BCUT2D eigenvalue weighted by Gasteiger charge is -2.35. The summed E-state index contributed by atoms with van der Waals surface area (Å²) >= 11 is 0. The summed E-state index contributed by atoms with van der Waals surface area (Å²) in [4.78, 5) is 24.6. The summed E-state index contributed by atoms with van der Waals surface area (Å²) in [6.45, 7) is 7.50. The molecule has 1 aliphatic heterocycles. The SMILES string of the molecule is CC(=O)C1CN(C(=O)OC(C)(C)C)CCC1O. The first-order valence-electron chi connectivity index (χ1n) is 5.87. The third-order valence-electron chi connectivity index (χ3n) is 2.75. The molecule has 0 aromatic heterocycles. The van der Waals surface area contributed by atoms with Crippen LogP contribution in [0.5, 0.6) is 0 Å². The monoisotopic (exact) mass is 243 g/mol. The standard InChI is InChI=1S/C12H21NO4/c1-8(14)9-7-13(6-5-10(9)15)11(16)17-12(2,3)4/h9-10,15H,5-7H2,1-4H3. The molecule has 0 aromatic rings. The zero-order valence-electron chi connectivity index (χ0n) is 10.9. The number of carbonyl (C=O) groups excluding carboxylic acids is 2. The van der Waals surface area contributed by atoms with Gasteiger partial charge in [-0.2, -0.15) is 0 Å². The summed E-state index contributed by atoms with van der Waals surface area (Å²) < 4.78 is 5.23. The molecular weight excluding hydrogens is 222 g/mol. The van der Waals surface area contributed by atoms with E-state index < -0.39 is 23.7 Å². The molecule has 1 N–H and O–H groups in total. The van der Waals surface area contributed by atoms with E-state index in [0.717, 1.165) is 0 Å². The van der Waals surface area contributed by atoms with Crippen molar-refractivity contribution in [1.29, 1.82) is 0 Å². The first-order valence-corrected chi connectivity index (χ1v) is 5.87. The third-order valence-corrected chi connectivity index (χ3v) is 2.75. The van der Waals surface area contributed by atoms with Crippen molar-refractivity contribution in [3.63, 3.8) is 0 Å². The van der Waals surface area contributed by atoms with E-state index in [1.165, 1.54) is 11.8 Å². The van der Waals surface area contributed by atoms with Gasteiger partial charge in [-0.15, -0.1) is 0 Å². The van der Waals surface area contributed by atoms with Crippen molar-refractivity contribution in [2.45, 2.75) is 45.8 Å². The van der Waals surface area contributed by atoms with Gasteiger partial charge in [0.2, 0.25) is 0 Å². The fourth-order valence-corrected chi connectivity index (χ4v) is 1.83. The van der Waals surface area contributed by atoms with Crippen molar-refractivity contribution in [2.75, 3.05) is 13.1 Å². The van der Waals surface area contributed by atoms with E-state index in [0.29, 0.717) is 13.0 Å². The Morgan fingerprint density at radius 1 is 1.35 bits per heavy atom. The number of ketones is 1. The average Bonchev–Trinajstić information content (AvgIpc) is 2.14. The Balaban J connectivity index is 2.62. The van der Waals surface area contributed by atoms with Crippen LogP contribution in [0.2, 0.25) is 0 Å². The molecule has 0 saturated carbocycles. The van der Waals surface area contributed by atoms with Crippen LogP contribution in [0, 0.1) is 5.92 Å². The van der Waals surface area contributed by atoms with Gasteiger partial charge in [-0.05, 0) is 34.1 Å². The molecular formula is C12H21NO4. The molecule has 0 bridgehead atoms. The topological polar surface area (TPSA) is 66.8 Å². The molecule has 0 aromatic carbocycles. The number of ether oxygens (including phenoxy) is 1. The number of carbonyl (C=O) groups is 2. The second-order valence-corrected chi connectivity index (χ2v) is 5.50. The van der Waals surface area contributed by atoms with Crippen molar-refractivity contribution in [1.82, 2.24) is 4.90 Å².